The van der Waals surface area contributed by atoms with Crippen LogP contribution in [0, 0.1) is 0 Å². The van der Waals surface area contributed by atoms with E-state index in [-0.39, 0.29) is 11.9 Å². The van der Waals surface area contributed by atoms with Crippen molar-refractivity contribution in [3.63, 3.8) is 0 Å². The molecular formula is C22H31N5O2. The van der Waals surface area contributed by atoms with Gasteiger partial charge in [0.15, 0.2) is 5.65 Å². The van der Waals surface area contributed by atoms with E-state index in [1.165, 1.54) is 19.3 Å². The van der Waals surface area contributed by atoms with Crippen molar-refractivity contribution >= 4 is 16.9 Å². The zero-order chi connectivity index (χ0) is 20.0. The number of aromatic nitrogens is 3. The number of ether oxygens (including phenoxy) is 1. The average Bonchev–Trinajstić information content (AvgIpc) is 3.28. The lowest BCUT2D eigenvalue weighted by Gasteiger charge is -2.35. The summed E-state index contributed by atoms with van der Waals surface area (Å²) in [4.78, 5) is 22.8. The largest absolute Gasteiger partial charge is 0.377 e. The summed E-state index contributed by atoms with van der Waals surface area (Å²) < 4.78 is 7.71. The van der Waals surface area contributed by atoms with Gasteiger partial charge >= 0.3 is 0 Å². The molecule has 2 aromatic rings. The highest BCUT2D eigenvalue weighted by Crippen LogP contribution is 2.40. The van der Waals surface area contributed by atoms with Gasteiger partial charge < -0.3 is 9.64 Å². The normalized spacial score (nSPS) is 23.4. The summed E-state index contributed by atoms with van der Waals surface area (Å²) in [5.74, 6) is 0.629. The second-order valence-corrected chi connectivity index (χ2v) is 9.02. The van der Waals surface area contributed by atoms with Gasteiger partial charge in [-0.15, -0.1) is 0 Å². The summed E-state index contributed by atoms with van der Waals surface area (Å²) >= 11 is 0. The molecule has 1 saturated carbocycles. The second kappa shape index (κ2) is 7.69. The number of carbonyl (C=O) groups is 1. The molecule has 7 nitrogen and oxygen atoms in total. The fraction of sp³-hybridized carbons (Fsp3) is 0.682. The first-order chi connectivity index (χ1) is 14.1. The van der Waals surface area contributed by atoms with E-state index >= 15 is 0 Å². The Balaban J connectivity index is 1.35. The molecule has 0 spiro atoms. The molecule has 0 aromatic carbocycles. The van der Waals surface area contributed by atoms with Gasteiger partial charge in [-0.05, 0) is 45.6 Å². The molecule has 2 saturated heterocycles. The summed E-state index contributed by atoms with van der Waals surface area (Å²) in [6.45, 7) is 9.47. The highest BCUT2D eigenvalue weighted by atomic mass is 16.5. The highest BCUT2D eigenvalue weighted by Gasteiger charge is 2.31. The monoisotopic (exact) mass is 397 g/mol. The zero-order valence-electron chi connectivity index (χ0n) is 17.5. The number of fused-ring (bicyclic) bond motifs is 1. The lowest BCUT2D eigenvalue weighted by molar-refractivity contribution is 0.0433. The Kier molecular flexibility index (Phi) is 5.04. The maximum absolute atomic E-state index is 13.5. The lowest BCUT2D eigenvalue weighted by atomic mass is 10.1. The number of nitrogens with zero attached hydrogens (tertiary/aromatic N) is 5. The second-order valence-electron chi connectivity index (χ2n) is 9.02. The quantitative estimate of drug-likeness (QED) is 0.776. The lowest BCUT2D eigenvalue weighted by Crippen LogP contribution is -2.50. The Bertz CT molecular complexity index is 890. The highest BCUT2D eigenvalue weighted by molar-refractivity contribution is 6.05. The van der Waals surface area contributed by atoms with E-state index in [4.69, 9.17) is 9.72 Å². The van der Waals surface area contributed by atoms with Crippen LogP contribution in [0.25, 0.3) is 11.0 Å². The van der Waals surface area contributed by atoms with Crippen molar-refractivity contribution < 1.29 is 9.53 Å². The molecule has 156 valence electrons. The van der Waals surface area contributed by atoms with E-state index in [1.807, 2.05) is 21.8 Å². The number of piperazine rings is 1. The van der Waals surface area contributed by atoms with Gasteiger partial charge in [0.1, 0.15) is 0 Å². The molecule has 2 aromatic heterocycles. The average molecular weight is 398 g/mol. The summed E-state index contributed by atoms with van der Waals surface area (Å²) in [5, 5.41) is 5.42. The van der Waals surface area contributed by atoms with E-state index in [0.29, 0.717) is 12.0 Å². The summed E-state index contributed by atoms with van der Waals surface area (Å²) in [6.07, 6.45) is 6.88. The number of amides is 1. The first kappa shape index (κ1) is 19.0. The van der Waals surface area contributed by atoms with E-state index in [1.54, 1.807) is 0 Å². The standard InChI is InChI=1S/C22H31N5O2/c1-15(2)27-21-19(13-23-27)18(12-20(24-21)16-5-6-16)22(28)26-9-7-25(8-10-26)14-17-4-3-11-29-17/h12-13,15-17H,3-11,14H2,1-2H3. The van der Waals surface area contributed by atoms with Crippen LogP contribution in [0.4, 0.5) is 0 Å². The SMILES string of the molecule is CC(C)n1ncc2c(C(=O)N3CCN(CC4CCCO4)CC3)cc(C3CC3)nc21. The first-order valence-corrected chi connectivity index (χ1v) is 11.1. The summed E-state index contributed by atoms with van der Waals surface area (Å²) in [6, 6.07) is 2.26. The fourth-order valence-corrected chi connectivity index (χ4v) is 4.56. The van der Waals surface area contributed by atoms with Gasteiger partial charge in [-0.2, -0.15) is 5.10 Å². The molecule has 29 heavy (non-hydrogen) atoms. The van der Waals surface area contributed by atoms with E-state index in [0.717, 1.165) is 68.0 Å². The van der Waals surface area contributed by atoms with E-state index in [2.05, 4.69) is 23.8 Å². The van der Waals surface area contributed by atoms with Crippen molar-refractivity contribution in [1.82, 2.24) is 24.6 Å². The maximum atomic E-state index is 13.5. The van der Waals surface area contributed by atoms with E-state index < -0.39 is 0 Å². The molecule has 1 aliphatic carbocycles. The van der Waals surface area contributed by atoms with Crippen LogP contribution >= 0.6 is 0 Å². The van der Waals surface area contributed by atoms with Crippen LogP contribution in [0.5, 0.6) is 0 Å². The number of pyridine rings is 1. The van der Waals surface area contributed by atoms with Crippen molar-refractivity contribution in [1.29, 1.82) is 0 Å². The molecule has 0 radical (unpaired) electrons. The van der Waals surface area contributed by atoms with Gasteiger partial charge in [0.25, 0.3) is 5.91 Å². The topological polar surface area (TPSA) is 63.5 Å². The van der Waals surface area contributed by atoms with Crippen molar-refractivity contribution in [2.75, 3.05) is 39.3 Å². The molecule has 7 heteroatoms. The van der Waals surface area contributed by atoms with Gasteiger partial charge in [-0.3, -0.25) is 9.69 Å². The molecule has 2 aliphatic heterocycles. The third-order valence-corrected chi connectivity index (χ3v) is 6.45. The predicted molar refractivity (Wildman–Crippen MR) is 111 cm³/mol. The van der Waals surface area contributed by atoms with Crippen molar-refractivity contribution in [2.45, 2.75) is 57.6 Å². The molecule has 0 bridgehead atoms. The Morgan fingerprint density at radius 1 is 1.21 bits per heavy atom. The predicted octanol–water partition coefficient (Wildman–Crippen LogP) is 2.83. The molecule has 3 fully saturated rings. The van der Waals surface area contributed by atoms with Crippen LogP contribution < -0.4 is 0 Å². The maximum Gasteiger partial charge on any atom is 0.254 e. The van der Waals surface area contributed by atoms with Crippen LogP contribution in [-0.4, -0.2) is 75.9 Å². The van der Waals surface area contributed by atoms with Gasteiger partial charge in [0.2, 0.25) is 0 Å². The minimum absolute atomic E-state index is 0.124. The third kappa shape index (κ3) is 3.78. The van der Waals surface area contributed by atoms with Crippen LogP contribution in [0.2, 0.25) is 0 Å². The number of hydrogen-bond donors (Lipinski definition) is 0. The van der Waals surface area contributed by atoms with Crippen molar-refractivity contribution in [2.24, 2.45) is 0 Å². The fourth-order valence-electron chi connectivity index (χ4n) is 4.56. The first-order valence-electron chi connectivity index (χ1n) is 11.1. The molecule has 1 atom stereocenters. The number of carbonyl (C=O) groups excluding carboxylic acids is 1. The Morgan fingerprint density at radius 3 is 2.66 bits per heavy atom. The molecule has 5 rings (SSSR count). The molecule has 3 aliphatic rings. The molecule has 0 N–H and O–H groups in total. The Morgan fingerprint density at radius 2 is 2.00 bits per heavy atom. The Labute approximate surface area is 172 Å². The minimum Gasteiger partial charge on any atom is -0.377 e. The Hall–Kier alpha value is -1.99. The summed E-state index contributed by atoms with van der Waals surface area (Å²) in [7, 11) is 0. The number of rotatable bonds is 5. The van der Waals surface area contributed by atoms with Crippen molar-refractivity contribution in [3.8, 4) is 0 Å². The minimum atomic E-state index is 0.124. The smallest absolute Gasteiger partial charge is 0.254 e. The molecular weight excluding hydrogens is 366 g/mol. The van der Waals surface area contributed by atoms with Gasteiger partial charge in [0, 0.05) is 57.0 Å². The van der Waals surface area contributed by atoms with Crippen molar-refractivity contribution in [3.05, 3.63) is 23.5 Å². The van der Waals surface area contributed by atoms with Crippen LogP contribution in [0.15, 0.2) is 12.3 Å². The van der Waals surface area contributed by atoms with Crippen LogP contribution in [0.3, 0.4) is 0 Å². The molecule has 1 unspecified atom stereocenters. The number of hydrogen-bond acceptors (Lipinski definition) is 5. The third-order valence-electron chi connectivity index (χ3n) is 6.45. The zero-order valence-corrected chi connectivity index (χ0v) is 17.5. The molecule has 4 heterocycles. The van der Waals surface area contributed by atoms with Gasteiger partial charge in [-0.1, -0.05) is 0 Å². The van der Waals surface area contributed by atoms with Crippen LogP contribution in [0.1, 0.15) is 67.5 Å². The van der Waals surface area contributed by atoms with E-state index in [9.17, 15) is 4.79 Å². The van der Waals surface area contributed by atoms with Gasteiger partial charge in [0.05, 0.1) is 23.3 Å². The summed E-state index contributed by atoms with van der Waals surface area (Å²) in [5.41, 5.74) is 2.68. The van der Waals surface area contributed by atoms with Gasteiger partial charge in [-0.25, -0.2) is 9.67 Å². The van der Waals surface area contributed by atoms with Crippen LogP contribution in [-0.2, 0) is 4.74 Å². The molecule has 1 amide bonds.